The maximum absolute atomic E-state index is 9.62. The second-order valence-electron chi connectivity index (χ2n) is 4.72. The summed E-state index contributed by atoms with van der Waals surface area (Å²) < 4.78 is 0. The zero-order valence-electron chi connectivity index (χ0n) is 7.45. The number of aliphatic hydroxyl groups excluding tert-OH is 1. The van der Waals surface area contributed by atoms with Gasteiger partial charge in [-0.1, -0.05) is 0 Å². The van der Waals surface area contributed by atoms with Crippen molar-refractivity contribution in [1.29, 1.82) is 0 Å². The number of hydrogen-bond acceptors (Lipinski definition) is 2. The quantitative estimate of drug-likeness (QED) is 0.581. The molecule has 0 amide bonds. The van der Waals surface area contributed by atoms with E-state index in [-0.39, 0.29) is 6.10 Å². The molecule has 1 unspecified atom stereocenters. The van der Waals surface area contributed by atoms with E-state index >= 15 is 0 Å². The Labute approximate surface area is 73.6 Å². The van der Waals surface area contributed by atoms with Crippen LogP contribution in [-0.2, 0) is 0 Å². The van der Waals surface area contributed by atoms with Crippen molar-refractivity contribution in [3.05, 3.63) is 0 Å². The molecule has 3 aliphatic heterocycles. The van der Waals surface area contributed by atoms with Gasteiger partial charge in [0, 0.05) is 12.1 Å². The summed E-state index contributed by atoms with van der Waals surface area (Å²) in [6.07, 6.45) is 6.31. The van der Waals surface area contributed by atoms with Gasteiger partial charge in [-0.15, -0.1) is 0 Å². The molecule has 0 aromatic heterocycles. The van der Waals surface area contributed by atoms with Crippen LogP contribution >= 0.6 is 0 Å². The third-order valence-corrected chi connectivity index (χ3v) is 4.06. The van der Waals surface area contributed by atoms with Crippen LogP contribution < -0.4 is 0 Å². The summed E-state index contributed by atoms with van der Waals surface area (Å²) in [5.74, 6) is 0.931. The lowest BCUT2D eigenvalue weighted by molar-refractivity contribution is 0.0169. The summed E-state index contributed by atoms with van der Waals surface area (Å²) >= 11 is 0. The molecule has 3 heterocycles. The van der Waals surface area contributed by atoms with Crippen LogP contribution in [0.15, 0.2) is 0 Å². The molecule has 12 heavy (non-hydrogen) atoms. The smallest absolute Gasteiger partial charge is 0.0570 e. The molecule has 3 rings (SSSR count). The molecule has 0 radical (unpaired) electrons. The predicted molar refractivity (Wildman–Crippen MR) is 46.9 cm³/mol. The van der Waals surface area contributed by atoms with Gasteiger partial charge in [-0.2, -0.15) is 0 Å². The van der Waals surface area contributed by atoms with Crippen molar-refractivity contribution in [3.8, 4) is 0 Å². The predicted octanol–water partition coefficient (Wildman–Crippen LogP) is 0.994. The normalized spacial score (nSPS) is 57.2. The first-order valence-electron chi connectivity index (χ1n) is 5.28. The number of piperidine rings is 2. The largest absolute Gasteiger partial charge is 0.393 e. The minimum Gasteiger partial charge on any atom is -0.393 e. The van der Waals surface area contributed by atoms with Gasteiger partial charge >= 0.3 is 0 Å². The SMILES string of the molecule is O[C@@H]1C[C@H]2C[C@H]3CCCN2[C@H]3C1. The van der Waals surface area contributed by atoms with Crippen molar-refractivity contribution < 1.29 is 5.11 Å². The van der Waals surface area contributed by atoms with Crippen molar-refractivity contribution in [2.24, 2.45) is 5.92 Å². The molecule has 0 saturated carbocycles. The highest BCUT2D eigenvalue weighted by atomic mass is 16.3. The summed E-state index contributed by atoms with van der Waals surface area (Å²) in [5.41, 5.74) is 0. The standard InChI is InChI=1S/C10H17NO/c12-9-5-8-4-7-2-1-3-11(8)10(7)6-9/h7-10,12H,1-6H2/t7-,8-,9-,10+/m1/s1. The van der Waals surface area contributed by atoms with Crippen LogP contribution in [0.1, 0.15) is 32.1 Å². The Bertz CT molecular complexity index is 194. The van der Waals surface area contributed by atoms with Gasteiger partial charge in [-0.05, 0) is 44.6 Å². The summed E-state index contributed by atoms with van der Waals surface area (Å²) in [5, 5.41) is 9.62. The second-order valence-corrected chi connectivity index (χ2v) is 4.72. The Morgan fingerprint density at radius 2 is 2.08 bits per heavy atom. The molecule has 3 fully saturated rings. The summed E-state index contributed by atoms with van der Waals surface area (Å²) in [6, 6.07) is 1.50. The summed E-state index contributed by atoms with van der Waals surface area (Å²) in [6.45, 7) is 1.30. The van der Waals surface area contributed by atoms with E-state index in [1.54, 1.807) is 0 Å². The second kappa shape index (κ2) is 2.46. The number of aliphatic hydroxyl groups is 1. The molecule has 5 atom stereocenters. The van der Waals surface area contributed by atoms with E-state index in [0.29, 0.717) is 0 Å². The van der Waals surface area contributed by atoms with Crippen molar-refractivity contribution in [2.75, 3.05) is 6.54 Å². The molecule has 0 aliphatic carbocycles. The number of rotatable bonds is 0. The fraction of sp³-hybridized carbons (Fsp3) is 1.00. The Morgan fingerprint density at radius 3 is 3.00 bits per heavy atom. The molecule has 4 bridgehead atoms. The lowest BCUT2D eigenvalue weighted by atomic mass is 9.89. The monoisotopic (exact) mass is 167 g/mol. The third kappa shape index (κ3) is 0.882. The summed E-state index contributed by atoms with van der Waals surface area (Å²) in [7, 11) is 0. The number of hydrogen-bond donors (Lipinski definition) is 1. The highest BCUT2D eigenvalue weighted by molar-refractivity contribution is 5.02. The first kappa shape index (κ1) is 7.34. The van der Waals surface area contributed by atoms with Gasteiger partial charge in [0.25, 0.3) is 0 Å². The Kier molecular flexibility index (Phi) is 1.50. The van der Waals surface area contributed by atoms with Gasteiger partial charge in [-0.3, -0.25) is 4.90 Å². The maximum Gasteiger partial charge on any atom is 0.0570 e. The van der Waals surface area contributed by atoms with E-state index in [1.165, 1.54) is 25.8 Å². The molecule has 68 valence electrons. The molecule has 1 N–H and O–H groups in total. The van der Waals surface area contributed by atoms with Crippen molar-refractivity contribution in [3.63, 3.8) is 0 Å². The van der Waals surface area contributed by atoms with Crippen LogP contribution in [0.25, 0.3) is 0 Å². The molecular weight excluding hydrogens is 150 g/mol. The molecule has 2 nitrogen and oxygen atoms in total. The first-order chi connectivity index (χ1) is 5.84. The van der Waals surface area contributed by atoms with Crippen molar-refractivity contribution >= 4 is 0 Å². The third-order valence-electron chi connectivity index (χ3n) is 4.06. The molecule has 3 saturated heterocycles. The fourth-order valence-electron chi connectivity index (χ4n) is 3.63. The fourth-order valence-corrected chi connectivity index (χ4v) is 3.63. The van der Waals surface area contributed by atoms with E-state index in [1.807, 2.05) is 0 Å². The zero-order chi connectivity index (χ0) is 8.13. The maximum atomic E-state index is 9.62. The molecule has 0 spiro atoms. The highest BCUT2D eigenvalue weighted by Gasteiger charge is 2.47. The average molecular weight is 167 g/mol. The van der Waals surface area contributed by atoms with Gasteiger partial charge in [0.2, 0.25) is 0 Å². The van der Waals surface area contributed by atoms with E-state index < -0.39 is 0 Å². The van der Waals surface area contributed by atoms with Crippen LogP contribution in [0.2, 0.25) is 0 Å². The minimum atomic E-state index is 0.0133. The zero-order valence-corrected chi connectivity index (χ0v) is 7.45. The average Bonchev–Trinajstić information content (AvgIpc) is 2.26. The highest BCUT2D eigenvalue weighted by Crippen LogP contribution is 2.44. The lowest BCUT2D eigenvalue weighted by Crippen LogP contribution is -2.47. The van der Waals surface area contributed by atoms with Gasteiger partial charge < -0.3 is 5.11 Å². The van der Waals surface area contributed by atoms with Crippen LogP contribution in [0.3, 0.4) is 0 Å². The van der Waals surface area contributed by atoms with Crippen LogP contribution in [0, 0.1) is 5.92 Å². The van der Waals surface area contributed by atoms with Crippen LogP contribution in [-0.4, -0.2) is 34.7 Å². The van der Waals surface area contributed by atoms with Gasteiger partial charge in [0.05, 0.1) is 6.10 Å². The van der Waals surface area contributed by atoms with Crippen LogP contribution in [0.5, 0.6) is 0 Å². The molecule has 2 heteroatoms. The van der Waals surface area contributed by atoms with E-state index in [4.69, 9.17) is 0 Å². The Hall–Kier alpha value is -0.0800. The van der Waals surface area contributed by atoms with Gasteiger partial charge in [0.1, 0.15) is 0 Å². The molecule has 0 aromatic rings. The lowest BCUT2D eigenvalue weighted by Gasteiger charge is -2.40. The topological polar surface area (TPSA) is 23.5 Å². The van der Waals surface area contributed by atoms with Crippen molar-refractivity contribution in [2.45, 2.75) is 50.3 Å². The first-order valence-corrected chi connectivity index (χ1v) is 5.28. The van der Waals surface area contributed by atoms with E-state index in [2.05, 4.69) is 4.90 Å². The minimum absolute atomic E-state index is 0.0133. The van der Waals surface area contributed by atoms with E-state index in [9.17, 15) is 5.11 Å². The number of nitrogens with zero attached hydrogens (tertiary/aromatic N) is 1. The summed E-state index contributed by atoms with van der Waals surface area (Å²) in [4.78, 5) is 2.67. The molecular formula is C10H17NO. The Balaban J connectivity index is 1.87. The van der Waals surface area contributed by atoms with Gasteiger partial charge in [-0.25, -0.2) is 0 Å². The molecule has 0 aromatic carbocycles. The van der Waals surface area contributed by atoms with Crippen molar-refractivity contribution in [1.82, 2.24) is 4.90 Å². The Morgan fingerprint density at radius 1 is 1.17 bits per heavy atom. The molecule has 3 aliphatic rings. The van der Waals surface area contributed by atoms with E-state index in [0.717, 1.165) is 30.8 Å². The van der Waals surface area contributed by atoms with Crippen LogP contribution in [0.4, 0.5) is 0 Å². The van der Waals surface area contributed by atoms with Gasteiger partial charge in [0.15, 0.2) is 0 Å².